The van der Waals surface area contributed by atoms with Crippen LogP contribution in [0.3, 0.4) is 0 Å². The van der Waals surface area contributed by atoms with E-state index in [9.17, 15) is 15.0 Å². The lowest BCUT2D eigenvalue weighted by Crippen LogP contribution is -2.33. The van der Waals surface area contributed by atoms with Gasteiger partial charge in [-0.1, -0.05) is 32.0 Å². The molecule has 1 aliphatic carbocycles. The maximum absolute atomic E-state index is 11.6. The molecule has 4 rings (SSSR count). The molecule has 0 saturated carbocycles. The molecule has 7 nitrogen and oxygen atoms in total. The van der Waals surface area contributed by atoms with Gasteiger partial charge in [0.1, 0.15) is 5.75 Å². The maximum Gasteiger partial charge on any atom is 0.300 e. The van der Waals surface area contributed by atoms with Crippen molar-refractivity contribution in [3.8, 4) is 5.75 Å². The van der Waals surface area contributed by atoms with E-state index < -0.39 is 12.1 Å². The van der Waals surface area contributed by atoms with E-state index in [2.05, 4.69) is 36.3 Å². The number of carboxylic acids is 1. The van der Waals surface area contributed by atoms with E-state index in [0.29, 0.717) is 29.1 Å². The van der Waals surface area contributed by atoms with Gasteiger partial charge in [-0.15, -0.1) is 12.4 Å². The first-order chi connectivity index (χ1) is 15.7. The SMILES string of the molecule is CC(=O)O.CCc1cc2c(cc1CC)CC(NCC(O)c1ccc(O)c3[nH]c(=O)ccc13)C2.Cl. The molecule has 1 unspecified atom stereocenters. The number of fused-ring (bicyclic) bond motifs is 2. The second-order valence-electron chi connectivity index (χ2n) is 8.43. The Morgan fingerprint density at radius 2 is 1.65 bits per heavy atom. The Labute approximate surface area is 205 Å². The molecule has 3 aromatic rings. The van der Waals surface area contributed by atoms with E-state index in [1.165, 1.54) is 34.4 Å². The minimum Gasteiger partial charge on any atom is -0.506 e. The lowest BCUT2D eigenvalue weighted by Gasteiger charge is -2.18. The minimum atomic E-state index is -0.833. The zero-order chi connectivity index (χ0) is 24.1. The molecule has 34 heavy (non-hydrogen) atoms. The van der Waals surface area contributed by atoms with Gasteiger partial charge in [-0.3, -0.25) is 9.59 Å². The highest BCUT2D eigenvalue weighted by molar-refractivity contribution is 5.87. The van der Waals surface area contributed by atoms with Crippen LogP contribution in [0.5, 0.6) is 5.75 Å². The second-order valence-corrected chi connectivity index (χ2v) is 8.43. The number of benzene rings is 2. The summed E-state index contributed by atoms with van der Waals surface area (Å²) in [5.41, 5.74) is 6.49. The van der Waals surface area contributed by atoms with E-state index >= 15 is 0 Å². The number of halogens is 1. The van der Waals surface area contributed by atoms with Crippen LogP contribution in [0.4, 0.5) is 0 Å². The first kappa shape index (κ1) is 27.4. The summed E-state index contributed by atoms with van der Waals surface area (Å²) in [6, 6.07) is 11.3. The molecule has 1 aromatic heterocycles. The predicted octanol–water partition coefficient (Wildman–Crippen LogP) is 3.66. The zero-order valence-corrected chi connectivity index (χ0v) is 20.5. The number of hydrogen-bond donors (Lipinski definition) is 5. The zero-order valence-electron chi connectivity index (χ0n) is 19.7. The number of aromatic amines is 1. The van der Waals surface area contributed by atoms with Gasteiger partial charge in [-0.25, -0.2) is 0 Å². The van der Waals surface area contributed by atoms with Crippen molar-refractivity contribution in [2.75, 3.05) is 6.54 Å². The highest BCUT2D eigenvalue weighted by atomic mass is 35.5. The second kappa shape index (κ2) is 12.0. The summed E-state index contributed by atoms with van der Waals surface area (Å²) in [5, 5.41) is 32.4. The first-order valence-corrected chi connectivity index (χ1v) is 11.3. The van der Waals surface area contributed by atoms with Crippen molar-refractivity contribution < 1.29 is 20.1 Å². The van der Waals surface area contributed by atoms with E-state index in [4.69, 9.17) is 9.90 Å². The number of rotatable bonds is 6. The largest absolute Gasteiger partial charge is 0.506 e. The molecule has 0 spiro atoms. The number of carboxylic acid groups (broad SMARTS) is 1. The van der Waals surface area contributed by atoms with Gasteiger partial charge in [0.25, 0.3) is 5.97 Å². The third kappa shape index (κ3) is 6.38. The Hall–Kier alpha value is -2.87. The number of H-pyrrole nitrogens is 1. The molecule has 8 heteroatoms. The normalized spacial score (nSPS) is 13.5. The quantitative estimate of drug-likeness (QED) is 0.361. The fourth-order valence-corrected chi connectivity index (χ4v) is 4.51. The number of hydrogen-bond acceptors (Lipinski definition) is 5. The van der Waals surface area contributed by atoms with Crippen LogP contribution in [0, 0.1) is 0 Å². The van der Waals surface area contributed by atoms with E-state index in [-0.39, 0.29) is 23.7 Å². The Morgan fingerprint density at radius 1 is 1.09 bits per heavy atom. The molecule has 184 valence electrons. The summed E-state index contributed by atoms with van der Waals surface area (Å²) in [6.45, 7) is 5.91. The average molecular weight is 489 g/mol. The topological polar surface area (TPSA) is 123 Å². The molecule has 0 amide bonds. The fourth-order valence-electron chi connectivity index (χ4n) is 4.51. The summed E-state index contributed by atoms with van der Waals surface area (Å²) in [7, 11) is 0. The molecule has 0 saturated heterocycles. The number of nitrogens with one attached hydrogen (secondary N) is 2. The molecule has 0 aliphatic heterocycles. The molecular weight excluding hydrogens is 456 g/mol. The van der Waals surface area contributed by atoms with Gasteiger partial charge in [0.15, 0.2) is 0 Å². The fraction of sp³-hybridized carbons (Fsp3) is 0.385. The summed E-state index contributed by atoms with van der Waals surface area (Å²) in [5.74, 6) is -0.827. The van der Waals surface area contributed by atoms with Crippen molar-refractivity contribution in [2.24, 2.45) is 0 Å². The van der Waals surface area contributed by atoms with Crippen molar-refractivity contribution >= 4 is 29.3 Å². The summed E-state index contributed by atoms with van der Waals surface area (Å²) in [4.78, 5) is 23.2. The molecule has 5 N–H and O–H groups in total. The molecular formula is C26H33ClN2O5. The number of carbonyl (C=O) groups is 1. The standard InChI is InChI=1S/C24H28N2O3.C2H4O2.ClH/c1-3-14-9-16-11-18(12-17(16)10-15(14)4-2)25-13-22(28)19-5-7-21(27)24-20(19)6-8-23(29)26-24;1-2(3)4;/h5-10,18,22,25,27-28H,3-4,11-13H2,1-2H3,(H,26,29);1H3,(H,3,4);1H. The maximum atomic E-state index is 11.6. The van der Waals surface area contributed by atoms with Crippen LogP contribution in [-0.2, 0) is 30.5 Å². The third-order valence-corrected chi connectivity index (χ3v) is 6.08. The van der Waals surface area contributed by atoms with Crippen LogP contribution in [0.25, 0.3) is 10.9 Å². The smallest absolute Gasteiger partial charge is 0.300 e. The molecule has 2 aromatic carbocycles. The lowest BCUT2D eigenvalue weighted by atomic mass is 9.97. The van der Waals surface area contributed by atoms with Gasteiger partial charge in [0.2, 0.25) is 5.56 Å². The predicted molar refractivity (Wildman–Crippen MR) is 136 cm³/mol. The lowest BCUT2D eigenvalue weighted by molar-refractivity contribution is -0.134. The number of aliphatic hydroxyl groups excluding tert-OH is 1. The Morgan fingerprint density at radius 3 is 2.18 bits per heavy atom. The van der Waals surface area contributed by atoms with Gasteiger partial charge in [0, 0.05) is 31.0 Å². The van der Waals surface area contributed by atoms with Gasteiger partial charge in [-0.05, 0) is 65.6 Å². The number of pyridine rings is 1. The van der Waals surface area contributed by atoms with Gasteiger partial charge < -0.3 is 25.6 Å². The highest BCUT2D eigenvalue weighted by Gasteiger charge is 2.24. The third-order valence-electron chi connectivity index (χ3n) is 6.08. The number of phenols is 1. The number of phenolic OH excluding ortho intramolecular Hbond substituents is 1. The number of aromatic hydroxyl groups is 1. The summed E-state index contributed by atoms with van der Waals surface area (Å²) < 4.78 is 0. The van der Waals surface area contributed by atoms with Gasteiger partial charge in [0.05, 0.1) is 11.6 Å². The molecule has 0 fully saturated rings. The van der Waals surface area contributed by atoms with Gasteiger partial charge in [-0.2, -0.15) is 0 Å². The van der Waals surface area contributed by atoms with E-state index in [0.717, 1.165) is 32.6 Å². The van der Waals surface area contributed by atoms with Crippen LogP contribution in [0.1, 0.15) is 54.7 Å². The molecule has 0 bridgehead atoms. The van der Waals surface area contributed by atoms with Crippen LogP contribution in [0.15, 0.2) is 41.2 Å². The molecule has 1 aliphatic rings. The summed E-state index contributed by atoms with van der Waals surface area (Å²) >= 11 is 0. The highest BCUT2D eigenvalue weighted by Crippen LogP contribution is 2.30. The molecule has 0 radical (unpaired) electrons. The first-order valence-electron chi connectivity index (χ1n) is 11.3. The Bertz CT molecular complexity index is 1170. The number of aliphatic carboxylic acids is 1. The number of aromatic nitrogens is 1. The Balaban J connectivity index is 0.000000758. The van der Waals surface area contributed by atoms with Crippen LogP contribution in [0.2, 0.25) is 0 Å². The van der Waals surface area contributed by atoms with Crippen molar-refractivity contribution in [1.29, 1.82) is 0 Å². The van der Waals surface area contributed by atoms with E-state index in [1.807, 2.05) is 0 Å². The van der Waals surface area contributed by atoms with Crippen LogP contribution in [-0.4, -0.2) is 38.9 Å². The van der Waals surface area contributed by atoms with Crippen molar-refractivity contribution in [2.45, 2.75) is 58.6 Å². The molecule has 1 heterocycles. The van der Waals surface area contributed by atoms with Crippen LogP contribution < -0.4 is 10.9 Å². The average Bonchev–Trinajstić information content (AvgIpc) is 3.18. The number of aryl methyl sites for hydroxylation is 2. The van der Waals surface area contributed by atoms with Crippen molar-refractivity contribution in [1.82, 2.24) is 10.3 Å². The monoisotopic (exact) mass is 488 g/mol. The summed E-state index contributed by atoms with van der Waals surface area (Å²) in [6.07, 6.45) is 3.34. The van der Waals surface area contributed by atoms with Crippen LogP contribution >= 0.6 is 12.4 Å². The van der Waals surface area contributed by atoms with Crippen molar-refractivity contribution in [3.05, 3.63) is 74.6 Å². The Kier molecular flexibility index (Phi) is 9.67. The van der Waals surface area contributed by atoms with Gasteiger partial charge >= 0.3 is 0 Å². The van der Waals surface area contributed by atoms with E-state index in [1.54, 1.807) is 12.1 Å². The number of aliphatic hydroxyl groups is 1. The van der Waals surface area contributed by atoms with Crippen molar-refractivity contribution in [3.63, 3.8) is 0 Å². The minimum absolute atomic E-state index is 0. The molecule has 1 atom stereocenters.